The van der Waals surface area contributed by atoms with Crippen LogP contribution in [0.5, 0.6) is 0 Å². The maximum Gasteiger partial charge on any atom is 0.148 e. The van der Waals surface area contributed by atoms with Crippen LogP contribution in [0, 0.1) is 5.41 Å². The summed E-state index contributed by atoms with van der Waals surface area (Å²) in [6, 6.07) is 0.333. The first-order valence-electron chi connectivity index (χ1n) is 6.00. The average molecular weight is 237 g/mol. The number of nitrogens with zero attached hydrogens (tertiary/aromatic N) is 2. The fourth-order valence-electron chi connectivity index (χ4n) is 1.45. The number of amidine groups is 1. The van der Waals surface area contributed by atoms with E-state index in [0.717, 1.165) is 25.5 Å². The van der Waals surface area contributed by atoms with E-state index < -0.39 is 0 Å². The van der Waals surface area contributed by atoms with E-state index in [0.29, 0.717) is 6.04 Å². The quantitative estimate of drug-likeness (QED) is 0.465. The highest BCUT2D eigenvalue weighted by Gasteiger charge is 2.18. The van der Waals surface area contributed by atoms with E-state index in [-0.39, 0.29) is 5.41 Å². The lowest BCUT2D eigenvalue weighted by Crippen LogP contribution is -2.34. The largest absolute Gasteiger partial charge is 0.379 e. The van der Waals surface area contributed by atoms with Crippen molar-refractivity contribution in [1.29, 1.82) is 0 Å². The predicted octanol–water partition coefficient (Wildman–Crippen LogP) is 2.37. The Labute approximate surface area is 104 Å². The first-order chi connectivity index (χ1) is 7.93. The molecule has 0 amide bonds. The molecule has 96 valence electrons. The molecule has 1 saturated heterocycles. The highest BCUT2D eigenvalue weighted by molar-refractivity contribution is 5.93. The van der Waals surface area contributed by atoms with Crippen LogP contribution in [0.1, 0.15) is 34.1 Å². The van der Waals surface area contributed by atoms with E-state index in [9.17, 15) is 0 Å². The Morgan fingerprint density at radius 2 is 2.18 bits per heavy atom. The molecule has 0 aromatic heterocycles. The number of hydrogen-bond acceptors (Lipinski definition) is 3. The van der Waals surface area contributed by atoms with E-state index in [2.05, 4.69) is 49.9 Å². The van der Waals surface area contributed by atoms with Crippen LogP contribution in [-0.2, 0) is 4.74 Å². The van der Waals surface area contributed by atoms with Crippen molar-refractivity contribution < 1.29 is 4.74 Å². The lowest BCUT2D eigenvalue weighted by molar-refractivity contribution is 0.192. The van der Waals surface area contributed by atoms with E-state index in [1.807, 2.05) is 6.08 Å². The van der Waals surface area contributed by atoms with Crippen molar-refractivity contribution >= 4 is 12.6 Å². The van der Waals surface area contributed by atoms with Gasteiger partial charge in [-0.1, -0.05) is 26.3 Å². The van der Waals surface area contributed by atoms with Gasteiger partial charge in [-0.25, -0.2) is 0 Å². The van der Waals surface area contributed by atoms with Gasteiger partial charge in [-0.15, -0.1) is 5.10 Å². The zero-order valence-corrected chi connectivity index (χ0v) is 11.3. The molecule has 1 unspecified atom stereocenters. The van der Waals surface area contributed by atoms with Gasteiger partial charge in [-0.05, 0) is 24.8 Å². The lowest BCUT2D eigenvalue weighted by Gasteiger charge is -2.20. The second kappa shape index (κ2) is 5.96. The maximum atomic E-state index is 5.32. The first-order valence-corrected chi connectivity index (χ1v) is 6.00. The van der Waals surface area contributed by atoms with Crippen molar-refractivity contribution in [3.8, 4) is 0 Å². The van der Waals surface area contributed by atoms with E-state index in [1.165, 1.54) is 5.57 Å². The molecule has 4 nitrogen and oxygen atoms in total. The Balaban J connectivity index is 2.72. The van der Waals surface area contributed by atoms with Crippen LogP contribution in [0.25, 0.3) is 0 Å². The highest BCUT2D eigenvalue weighted by Crippen LogP contribution is 2.24. The summed E-state index contributed by atoms with van der Waals surface area (Å²) < 4.78 is 5.32. The van der Waals surface area contributed by atoms with Crippen molar-refractivity contribution in [3.05, 3.63) is 11.6 Å². The Hall–Kier alpha value is -1.16. The summed E-state index contributed by atoms with van der Waals surface area (Å²) in [4.78, 5) is 0. The molecule has 0 bridgehead atoms. The van der Waals surface area contributed by atoms with Crippen LogP contribution in [-0.4, -0.2) is 31.8 Å². The molecule has 0 aliphatic carbocycles. The molecule has 0 radical (unpaired) electrons. The number of hydrogen-bond donors (Lipinski definition) is 1. The van der Waals surface area contributed by atoms with Gasteiger partial charge in [0.1, 0.15) is 5.84 Å². The minimum absolute atomic E-state index is 0.135. The third-order valence-corrected chi connectivity index (χ3v) is 3.00. The molecule has 1 aliphatic rings. The molecule has 1 atom stereocenters. The zero-order chi connectivity index (χ0) is 12.9. The van der Waals surface area contributed by atoms with Crippen molar-refractivity contribution in [2.24, 2.45) is 15.6 Å². The second-order valence-electron chi connectivity index (χ2n) is 5.41. The SMILES string of the molecule is C=N/N=C(\C=C(/C)C(C)(C)C)NC1CCOC1. The number of rotatable bonds is 3. The van der Waals surface area contributed by atoms with Crippen LogP contribution in [0.15, 0.2) is 21.9 Å². The van der Waals surface area contributed by atoms with Gasteiger partial charge in [0.25, 0.3) is 0 Å². The molecular formula is C13H23N3O. The molecular weight excluding hydrogens is 214 g/mol. The van der Waals surface area contributed by atoms with Gasteiger partial charge >= 0.3 is 0 Å². The Kier molecular flexibility index (Phi) is 4.87. The summed E-state index contributed by atoms with van der Waals surface area (Å²) in [6.45, 7) is 13.6. The van der Waals surface area contributed by atoms with Crippen LogP contribution < -0.4 is 5.32 Å². The Morgan fingerprint density at radius 1 is 1.47 bits per heavy atom. The van der Waals surface area contributed by atoms with Crippen molar-refractivity contribution in [2.75, 3.05) is 13.2 Å². The second-order valence-corrected chi connectivity index (χ2v) is 5.41. The molecule has 0 spiro atoms. The number of nitrogens with one attached hydrogen (secondary N) is 1. The average Bonchev–Trinajstić information content (AvgIpc) is 2.69. The molecule has 1 rings (SSSR count). The van der Waals surface area contributed by atoms with Gasteiger partial charge in [0.05, 0.1) is 12.6 Å². The first kappa shape index (κ1) is 13.9. The summed E-state index contributed by atoms with van der Waals surface area (Å²) in [5.74, 6) is 0.767. The monoisotopic (exact) mass is 237 g/mol. The van der Waals surface area contributed by atoms with Gasteiger partial charge < -0.3 is 10.1 Å². The Morgan fingerprint density at radius 3 is 2.65 bits per heavy atom. The summed E-state index contributed by atoms with van der Waals surface area (Å²) in [5, 5.41) is 11.0. The highest BCUT2D eigenvalue weighted by atomic mass is 16.5. The summed E-state index contributed by atoms with van der Waals surface area (Å²) in [6.07, 6.45) is 3.05. The van der Waals surface area contributed by atoms with Crippen molar-refractivity contribution in [1.82, 2.24) is 5.32 Å². The number of allylic oxidation sites excluding steroid dienone is 1. The molecule has 1 heterocycles. The van der Waals surface area contributed by atoms with Gasteiger partial charge in [0, 0.05) is 13.3 Å². The molecule has 4 heteroatoms. The molecule has 0 aromatic carbocycles. The summed E-state index contributed by atoms with van der Waals surface area (Å²) in [5.41, 5.74) is 1.39. The standard InChI is InChI=1S/C13H23N3O/c1-10(13(2,3)4)8-12(16-14-5)15-11-6-7-17-9-11/h8,11H,5-7,9H2,1-4H3,(H,15,16)/b10-8+. The Bertz CT molecular complexity index is 320. The van der Waals surface area contributed by atoms with Gasteiger partial charge in [-0.3, -0.25) is 0 Å². The van der Waals surface area contributed by atoms with E-state index in [1.54, 1.807) is 0 Å². The van der Waals surface area contributed by atoms with Gasteiger partial charge in [0.2, 0.25) is 0 Å². The minimum Gasteiger partial charge on any atom is -0.379 e. The topological polar surface area (TPSA) is 46.0 Å². The third-order valence-electron chi connectivity index (χ3n) is 3.00. The predicted molar refractivity (Wildman–Crippen MR) is 72.6 cm³/mol. The molecule has 0 saturated carbocycles. The zero-order valence-electron chi connectivity index (χ0n) is 11.3. The normalized spacial score (nSPS) is 22.7. The molecule has 17 heavy (non-hydrogen) atoms. The molecule has 1 N–H and O–H groups in total. The lowest BCUT2D eigenvalue weighted by atomic mass is 9.87. The van der Waals surface area contributed by atoms with Crippen LogP contribution in [0.2, 0.25) is 0 Å². The minimum atomic E-state index is 0.135. The van der Waals surface area contributed by atoms with Crippen molar-refractivity contribution in [2.45, 2.75) is 40.2 Å². The molecule has 1 aliphatic heterocycles. The summed E-state index contributed by atoms with van der Waals surface area (Å²) >= 11 is 0. The molecule has 1 fully saturated rings. The van der Waals surface area contributed by atoms with Gasteiger partial charge in [-0.2, -0.15) is 5.10 Å². The smallest absolute Gasteiger partial charge is 0.148 e. The van der Waals surface area contributed by atoms with Gasteiger partial charge in [0.15, 0.2) is 0 Å². The fourth-order valence-corrected chi connectivity index (χ4v) is 1.45. The van der Waals surface area contributed by atoms with Crippen LogP contribution in [0.3, 0.4) is 0 Å². The van der Waals surface area contributed by atoms with Crippen LogP contribution in [0.4, 0.5) is 0 Å². The van der Waals surface area contributed by atoms with E-state index >= 15 is 0 Å². The van der Waals surface area contributed by atoms with E-state index in [4.69, 9.17) is 4.74 Å². The fraction of sp³-hybridized carbons (Fsp3) is 0.692. The van der Waals surface area contributed by atoms with Crippen LogP contribution >= 0.6 is 0 Å². The third kappa shape index (κ3) is 4.69. The summed E-state index contributed by atoms with van der Waals surface area (Å²) in [7, 11) is 0. The molecule has 0 aromatic rings. The van der Waals surface area contributed by atoms with Crippen molar-refractivity contribution in [3.63, 3.8) is 0 Å². The number of ether oxygens (including phenoxy) is 1. The maximum absolute atomic E-state index is 5.32.